The Morgan fingerprint density at radius 3 is 2.90 bits per heavy atom. The fraction of sp³-hybridized carbons (Fsp3) is 0.500. The molecule has 1 unspecified atom stereocenters. The third-order valence-electron chi connectivity index (χ3n) is 4.18. The third kappa shape index (κ3) is 2.19. The van der Waals surface area contributed by atoms with E-state index in [1.54, 1.807) is 0 Å². The first-order valence-electron chi connectivity index (χ1n) is 7.40. The minimum atomic E-state index is 0.233. The largest absolute Gasteiger partial charge is 0.342 e. The maximum atomic E-state index is 12.1. The van der Waals surface area contributed by atoms with Gasteiger partial charge in [-0.15, -0.1) is 0 Å². The topological polar surface area (TPSA) is 38.1 Å². The molecule has 1 amide bonds. The second-order valence-corrected chi connectivity index (χ2v) is 5.61. The Kier molecular flexibility index (Phi) is 3.47. The Morgan fingerprint density at radius 2 is 2.15 bits per heavy atom. The molecule has 0 saturated carbocycles. The van der Waals surface area contributed by atoms with E-state index < -0.39 is 0 Å². The maximum absolute atomic E-state index is 12.1. The molecule has 0 radical (unpaired) electrons. The van der Waals surface area contributed by atoms with E-state index >= 15 is 0 Å². The summed E-state index contributed by atoms with van der Waals surface area (Å²) < 4.78 is 2.14. The Morgan fingerprint density at radius 1 is 1.35 bits per heavy atom. The van der Waals surface area contributed by atoms with E-state index in [1.807, 2.05) is 30.1 Å². The quantitative estimate of drug-likeness (QED) is 0.857. The van der Waals surface area contributed by atoms with Gasteiger partial charge in [0.1, 0.15) is 5.82 Å². The summed E-state index contributed by atoms with van der Waals surface area (Å²) in [6, 6.07) is 8.15. The number of amides is 1. The van der Waals surface area contributed by atoms with Gasteiger partial charge in [-0.3, -0.25) is 4.79 Å². The second kappa shape index (κ2) is 5.27. The van der Waals surface area contributed by atoms with E-state index in [0.29, 0.717) is 6.42 Å². The minimum absolute atomic E-state index is 0.233. The summed E-state index contributed by atoms with van der Waals surface area (Å²) in [4.78, 5) is 18.8. The Bertz CT molecular complexity index is 632. The number of aryl methyl sites for hydroxylation is 1. The normalized spacial score (nSPS) is 19.2. The van der Waals surface area contributed by atoms with Gasteiger partial charge in [-0.05, 0) is 18.6 Å². The molecule has 1 atom stereocenters. The second-order valence-electron chi connectivity index (χ2n) is 5.61. The predicted octanol–water partition coefficient (Wildman–Crippen LogP) is 2.69. The highest BCUT2D eigenvalue weighted by atomic mass is 16.2. The summed E-state index contributed by atoms with van der Waals surface area (Å²) in [6.45, 7) is 3.86. The summed E-state index contributed by atoms with van der Waals surface area (Å²) >= 11 is 0. The van der Waals surface area contributed by atoms with E-state index in [9.17, 15) is 4.79 Å². The third-order valence-corrected chi connectivity index (χ3v) is 4.18. The van der Waals surface area contributed by atoms with Gasteiger partial charge in [0, 0.05) is 32.5 Å². The zero-order chi connectivity index (χ0) is 14.1. The molecule has 0 spiro atoms. The molecular weight excluding hydrogens is 250 g/mol. The van der Waals surface area contributed by atoms with Crippen molar-refractivity contribution in [2.75, 3.05) is 13.1 Å². The number of para-hydroxylation sites is 2. The first kappa shape index (κ1) is 13.2. The van der Waals surface area contributed by atoms with Crippen molar-refractivity contribution >= 4 is 16.9 Å². The van der Waals surface area contributed by atoms with Crippen molar-refractivity contribution in [1.82, 2.24) is 14.5 Å². The number of fused-ring (bicyclic) bond motifs is 1. The Labute approximate surface area is 119 Å². The van der Waals surface area contributed by atoms with Crippen molar-refractivity contribution in [3.05, 3.63) is 30.1 Å². The van der Waals surface area contributed by atoms with Crippen LogP contribution in [0.15, 0.2) is 24.3 Å². The van der Waals surface area contributed by atoms with Gasteiger partial charge < -0.3 is 9.47 Å². The molecule has 0 bridgehead atoms. The van der Waals surface area contributed by atoms with E-state index in [-0.39, 0.29) is 11.8 Å². The molecular formula is C16H21N3O. The van der Waals surface area contributed by atoms with Gasteiger partial charge >= 0.3 is 0 Å². The average molecular weight is 271 g/mol. The van der Waals surface area contributed by atoms with Crippen LogP contribution < -0.4 is 0 Å². The Balaban J connectivity index is 1.85. The summed E-state index contributed by atoms with van der Waals surface area (Å²) in [7, 11) is 2.05. The number of imidazole rings is 1. The van der Waals surface area contributed by atoms with Crippen LogP contribution in [0.3, 0.4) is 0 Å². The van der Waals surface area contributed by atoms with Gasteiger partial charge in [-0.25, -0.2) is 4.98 Å². The highest BCUT2D eigenvalue weighted by molar-refractivity contribution is 5.80. The van der Waals surface area contributed by atoms with Crippen LogP contribution in [0.25, 0.3) is 11.0 Å². The van der Waals surface area contributed by atoms with Gasteiger partial charge in [0.05, 0.1) is 11.0 Å². The molecule has 106 valence electrons. The number of benzene rings is 1. The lowest BCUT2D eigenvalue weighted by Gasteiger charge is -2.15. The van der Waals surface area contributed by atoms with Crippen LogP contribution in [0.1, 0.15) is 37.9 Å². The molecule has 0 aliphatic carbocycles. The van der Waals surface area contributed by atoms with Crippen LogP contribution >= 0.6 is 0 Å². The van der Waals surface area contributed by atoms with Crippen molar-refractivity contribution < 1.29 is 4.79 Å². The number of carbonyl (C=O) groups is 1. The summed E-state index contributed by atoms with van der Waals surface area (Å²) in [6.07, 6.45) is 2.81. The highest BCUT2D eigenvalue weighted by Gasteiger charge is 2.32. The zero-order valence-corrected chi connectivity index (χ0v) is 12.2. The van der Waals surface area contributed by atoms with Gasteiger partial charge in [-0.1, -0.05) is 25.5 Å². The predicted molar refractivity (Wildman–Crippen MR) is 79.6 cm³/mol. The van der Waals surface area contributed by atoms with Crippen LogP contribution in [-0.2, 0) is 11.8 Å². The number of hydrogen-bond acceptors (Lipinski definition) is 2. The molecule has 2 aromatic rings. The number of nitrogens with zero attached hydrogens (tertiary/aromatic N) is 3. The summed E-state index contributed by atoms with van der Waals surface area (Å²) in [5.74, 6) is 1.55. The average Bonchev–Trinajstić information content (AvgIpc) is 2.98. The first-order valence-corrected chi connectivity index (χ1v) is 7.40. The van der Waals surface area contributed by atoms with E-state index in [0.717, 1.165) is 42.8 Å². The van der Waals surface area contributed by atoms with E-state index in [1.165, 1.54) is 0 Å². The number of rotatable bonds is 4. The lowest BCUT2D eigenvalue weighted by Crippen LogP contribution is -2.26. The first-order chi connectivity index (χ1) is 9.70. The molecule has 1 aliphatic rings. The van der Waals surface area contributed by atoms with Crippen LogP contribution in [0.5, 0.6) is 0 Å². The maximum Gasteiger partial charge on any atom is 0.223 e. The number of likely N-dealkylation sites (tertiary alicyclic amines) is 1. The molecule has 1 saturated heterocycles. The van der Waals surface area contributed by atoms with Crippen molar-refractivity contribution in [3.8, 4) is 0 Å². The fourth-order valence-electron chi connectivity index (χ4n) is 3.04. The van der Waals surface area contributed by atoms with Gasteiger partial charge in [0.2, 0.25) is 5.91 Å². The number of hydrogen-bond donors (Lipinski definition) is 0. The van der Waals surface area contributed by atoms with Crippen molar-refractivity contribution in [1.29, 1.82) is 0 Å². The van der Waals surface area contributed by atoms with Crippen molar-refractivity contribution in [2.24, 2.45) is 7.05 Å². The van der Waals surface area contributed by atoms with Gasteiger partial charge in [0.15, 0.2) is 0 Å². The SMILES string of the molecule is CCCCN1CC(c2nc3ccccc3n2C)CC1=O. The Hall–Kier alpha value is -1.84. The lowest BCUT2D eigenvalue weighted by molar-refractivity contribution is -0.127. The number of unbranched alkanes of at least 4 members (excludes halogenated alkanes) is 1. The molecule has 1 fully saturated rings. The van der Waals surface area contributed by atoms with Crippen LogP contribution in [0, 0.1) is 0 Å². The monoisotopic (exact) mass is 271 g/mol. The molecule has 0 N–H and O–H groups in total. The van der Waals surface area contributed by atoms with E-state index in [4.69, 9.17) is 4.98 Å². The minimum Gasteiger partial charge on any atom is -0.342 e. The molecule has 1 aromatic carbocycles. The van der Waals surface area contributed by atoms with Gasteiger partial charge in [0.25, 0.3) is 0 Å². The fourth-order valence-corrected chi connectivity index (χ4v) is 3.04. The molecule has 2 heterocycles. The summed E-state index contributed by atoms with van der Waals surface area (Å²) in [5.41, 5.74) is 2.16. The van der Waals surface area contributed by atoms with Crippen molar-refractivity contribution in [2.45, 2.75) is 32.1 Å². The van der Waals surface area contributed by atoms with Crippen LogP contribution in [0.4, 0.5) is 0 Å². The molecule has 4 nitrogen and oxygen atoms in total. The number of aromatic nitrogens is 2. The molecule has 1 aromatic heterocycles. The molecule has 20 heavy (non-hydrogen) atoms. The molecule has 4 heteroatoms. The molecule has 1 aliphatic heterocycles. The van der Waals surface area contributed by atoms with Crippen molar-refractivity contribution in [3.63, 3.8) is 0 Å². The van der Waals surface area contributed by atoms with Crippen LogP contribution in [0.2, 0.25) is 0 Å². The van der Waals surface area contributed by atoms with E-state index in [2.05, 4.69) is 17.6 Å². The highest BCUT2D eigenvalue weighted by Crippen LogP contribution is 2.29. The lowest BCUT2D eigenvalue weighted by atomic mass is 10.1. The molecule has 3 rings (SSSR count). The smallest absolute Gasteiger partial charge is 0.223 e. The van der Waals surface area contributed by atoms with Gasteiger partial charge in [-0.2, -0.15) is 0 Å². The standard InChI is InChI=1S/C16H21N3O/c1-3-4-9-19-11-12(10-15(19)20)16-17-13-7-5-6-8-14(13)18(16)2/h5-8,12H,3-4,9-11H2,1-2H3. The summed E-state index contributed by atoms with van der Waals surface area (Å²) in [5, 5.41) is 0. The van der Waals surface area contributed by atoms with Crippen LogP contribution in [-0.4, -0.2) is 33.4 Å². The number of carbonyl (C=O) groups excluding carboxylic acids is 1. The zero-order valence-electron chi connectivity index (χ0n) is 12.2.